The molecule has 2 fully saturated rings. The molecule has 5 amide bonds. The Morgan fingerprint density at radius 3 is 2.34 bits per heavy atom. The fraction of sp³-hybridized carbons (Fsp3) is 0.566. The SMILES string of the molecule is CCOCSNC(=O)COCC(=O)NC(COC)C(C)C.CCc1c2c(nc3ccc(O)cc13)-c1cc3c(c(=O)n1C2)COC(=O)C3(CC)OC=O.CCn1cc(CNC(=O)C2CCC(CN3C(=O)CCC3=O)CC2)nn1. The number of nitrogens with zero attached hydrogens (tertiary/aromatic N) is 6. The molecular formula is C53H71N9O14S. The minimum Gasteiger partial charge on any atom is -0.508 e. The fourth-order valence-corrected chi connectivity index (χ4v) is 10.3. The predicted octanol–water partition coefficient (Wildman–Crippen LogP) is 3.95. The van der Waals surface area contributed by atoms with E-state index in [1.165, 1.54) is 4.90 Å². The first kappa shape index (κ1) is 59.5. The second-order valence-electron chi connectivity index (χ2n) is 19.3. The molecule has 418 valence electrons. The molecule has 1 saturated heterocycles. The average molecular weight is 1090 g/mol. The number of carbonyl (C=O) groups is 7. The first-order chi connectivity index (χ1) is 37.0. The van der Waals surface area contributed by atoms with Crippen LogP contribution in [0.3, 0.4) is 0 Å². The van der Waals surface area contributed by atoms with Crippen molar-refractivity contribution in [3.8, 4) is 17.1 Å². The van der Waals surface area contributed by atoms with Crippen molar-refractivity contribution in [3.63, 3.8) is 0 Å². The van der Waals surface area contributed by atoms with Gasteiger partial charge in [0.25, 0.3) is 17.9 Å². The number of phenolic OH excluding ortho intramolecular Hbond substituents is 1. The van der Waals surface area contributed by atoms with E-state index in [-0.39, 0.29) is 91.4 Å². The molecule has 0 bridgehead atoms. The van der Waals surface area contributed by atoms with Crippen molar-refractivity contribution in [2.75, 3.05) is 46.0 Å². The maximum Gasteiger partial charge on any atom is 0.355 e. The molecule has 23 nitrogen and oxygen atoms in total. The number of rotatable bonds is 22. The minimum absolute atomic E-state index is 0.00227. The van der Waals surface area contributed by atoms with Gasteiger partial charge in [0.1, 0.15) is 37.2 Å². The highest BCUT2D eigenvalue weighted by atomic mass is 32.2. The molecule has 4 aliphatic rings. The summed E-state index contributed by atoms with van der Waals surface area (Å²) in [5.74, 6) is -0.183. The van der Waals surface area contributed by atoms with Gasteiger partial charge in [-0.1, -0.05) is 32.9 Å². The van der Waals surface area contributed by atoms with Crippen LogP contribution in [0, 0.1) is 17.8 Å². The molecule has 6 heterocycles. The van der Waals surface area contributed by atoms with Crippen LogP contribution in [0.15, 0.2) is 35.3 Å². The van der Waals surface area contributed by atoms with Crippen molar-refractivity contribution in [3.05, 3.63) is 68.8 Å². The van der Waals surface area contributed by atoms with Gasteiger partial charge >= 0.3 is 5.97 Å². The van der Waals surface area contributed by atoms with E-state index in [1.54, 1.807) is 47.5 Å². The van der Waals surface area contributed by atoms with Crippen LogP contribution in [-0.2, 0) is 95.5 Å². The zero-order valence-electron chi connectivity index (χ0n) is 44.8. The van der Waals surface area contributed by atoms with Gasteiger partial charge in [0, 0.05) is 62.1 Å². The van der Waals surface area contributed by atoms with Gasteiger partial charge in [-0.05, 0) is 106 Å². The van der Waals surface area contributed by atoms with E-state index in [9.17, 15) is 43.5 Å². The van der Waals surface area contributed by atoms with E-state index in [0.717, 1.165) is 66.4 Å². The lowest BCUT2D eigenvalue weighted by Crippen LogP contribution is -2.46. The molecule has 3 aliphatic heterocycles. The molecule has 4 N–H and O–H groups in total. The topological polar surface area (TPSA) is 291 Å². The number of pyridine rings is 2. The predicted molar refractivity (Wildman–Crippen MR) is 281 cm³/mol. The Bertz CT molecular complexity index is 2810. The molecule has 0 spiro atoms. The monoisotopic (exact) mass is 1090 g/mol. The van der Waals surface area contributed by atoms with E-state index in [1.807, 2.05) is 40.8 Å². The molecule has 2 atom stereocenters. The van der Waals surface area contributed by atoms with Crippen LogP contribution in [-0.4, -0.2) is 129 Å². The Hall–Kier alpha value is -6.76. The number of methoxy groups -OCH3 is 1. The maximum absolute atomic E-state index is 13.4. The largest absolute Gasteiger partial charge is 0.508 e. The standard InChI is InChI=1S/C23H20N2O6.C17H25N5O3.C13H26N2O5S/c1-3-13-14-7-12(27)5-6-18(14)24-20-15(13)9-25-19(20)8-17-16(21(25)28)10-30-22(29)23(17,4-2)31-11-26;1-2-21-11-14(19-20-21)9-18-17(25)13-5-3-12(4-6-13)10-22-15(23)7-8-16(22)24;1-5-19-9-21-15-13(17)8-20-7-12(16)14-11(6-18-4)10(2)3/h5-8,11,27H,3-4,9-10H2,1-2H3;11-13H,2-10H2,1H3,(H,18,25);10-11H,5-9H2,1-4H3,(H,14,16)(H,15,17). The summed E-state index contributed by atoms with van der Waals surface area (Å²) in [6.07, 6.45) is 6.71. The number of cyclic esters (lactones) is 1. The van der Waals surface area contributed by atoms with E-state index < -0.39 is 11.6 Å². The third kappa shape index (κ3) is 14.6. The lowest BCUT2D eigenvalue weighted by atomic mass is 9.81. The average Bonchev–Trinajstić information content (AvgIpc) is 4.19. The van der Waals surface area contributed by atoms with Crippen LogP contribution < -0.4 is 20.9 Å². The highest BCUT2D eigenvalue weighted by molar-refractivity contribution is 7.97. The normalized spacial score (nSPS) is 18.7. The number of aromatic hydroxyl groups is 1. The molecule has 24 heteroatoms. The Kier molecular flexibility index (Phi) is 21.7. The quantitative estimate of drug-likeness (QED) is 0.0191. The van der Waals surface area contributed by atoms with Gasteiger partial charge in [0.2, 0.25) is 29.2 Å². The molecule has 77 heavy (non-hydrogen) atoms. The number of imide groups is 1. The number of hydrogen-bond acceptors (Lipinski definition) is 18. The number of esters is 1. The molecule has 1 aromatic carbocycles. The summed E-state index contributed by atoms with van der Waals surface area (Å²) in [5, 5.41) is 24.5. The summed E-state index contributed by atoms with van der Waals surface area (Å²) in [5.41, 5.74) is 3.33. The van der Waals surface area contributed by atoms with Crippen LogP contribution >= 0.6 is 11.9 Å². The summed E-state index contributed by atoms with van der Waals surface area (Å²) in [4.78, 5) is 102. The number of aryl methyl sites for hydroxylation is 2. The summed E-state index contributed by atoms with van der Waals surface area (Å²) >= 11 is 1.15. The van der Waals surface area contributed by atoms with Crippen molar-refractivity contribution in [2.24, 2.45) is 17.8 Å². The minimum atomic E-state index is -1.65. The molecule has 1 saturated carbocycles. The second-order valence-corrected chi connectivity index (χ2v) is 20.0. The van der Waals surface area contributed by atoms with Gasteiger partial charge in [-0.2, -0.15) is 0 Å². The lowest BCUT2D eigenvalue weighted by molar-refractivity contribution is -0.182. The van der Waals surface area contributed by atoms with Gasteiger partial charge in [-0.3, -0.25) is 47.9 Å². The zero-order valence-corrected chi connectivity index (χ0v) is 45.7. The Morgan fingerprint density at radius 2 is 1.70 bits per heavy atom. The number of phenols is 1. The number of hydrogen-bond donors (Lipinski definition) is 4. The third-order valence-electron chi connectivity index (χ3n) is 14.0. The first-order valence-electron chi connectivity index (χ1n) is 26.1. The summed E-state index contributed by atoms with van der Waals surface area (Å²) in [6, 6.07) is 6.67. The van der Waals surface area contributed by atoms with Crippen molar-refractivity contribution in [2.45, 2.75) is 131 Å². The third-order valence-corrected chi connectivity index (χ3v) is 14.7. The number of ether oxygens (including phenoxy) is 5. The van der Waals surface area contributed by atoms with Gasteiger partial charge in [0.05, 0.1) is 54.4 Å². The van der Waals surface area contributed by atoms with E-state index in [4.69, 9.17) is 28.7 Å². The highest BCUT2D eigenvalue weighted by Gasteiger charge is 2.49. The number of benzene rings is 1. The van der Waals surface area contributed by atoms with Crippen molar-refractivity contribution in [1.82, 2.24) is 44.8 Å². The van der Waals surface area contributed by atoms with Crippen LogP contribution in [0.1, 0.15) is 114 Å². The van der Waals surface area contributed by atoms with Crippen LogP contribution in [0.4, 0.5) is 0 Å². The molecule has 2 unspecified atom stereocenters. The number of carbonyl (C=O) groups excluding carboxylic acids is 7. The lowest BCUT2D eigenvalue weighted by Gasteiger charge is -2.34. The van der Waals surface area contributed by atoms with Crippen LogP contribution in [0.5, 0.6) is 5.75 Å². The van der Waals surface area contributed by atoms with Crippen molar-refractivity contribution >= 4 is 64.8 Å². The Labute approximate surface area is 450 Å². The highest BCUT2D eigenvalue weighted by Crippen LogP contribution is 2.42. The summed E-state index contributed by atoms with van der Waals surface area (Å²) < 4.78 is 31.5. The molecule has 3 aromatic heterocycles. The van der Waals surface area contributed by atoms with E-state index in [0.29, 0.717) is 92.0 Å². The fourth-order valence-electron chi connectivity index (χ4n) is 9.74. The number of amides is 5. The van der Waals surface area contributed by atoms with Gasteiger partial charge in [0.15, 0.2) is 0 Å². The first-order valence-corrected chi connectivity index (χ1v) is 27.1. The number of fused-ring (bicyclic) bond motifs is 5. The maximum atomic E-state index is 13.4. The second kappa shape index (κ2) is 28.0. The van der Waals surface area contributed by atoms with Crippen molar-refractivity contribution in [1.29, 1.82) is 0 Å². The molecular weight excluding hydrogens is 1020 g/mol. The van der Waals surface area contributed by atoms with Crippen LogP contribution in [0.25, 0.3) is 22.3 Å². The Morgan fingerprint density at radius 1 is 0.974 bits per heavy atom. The molecule has 8 rings (SSSR count). The van der Waals surface area contributed by atoms with Crippen LogP contribution in [0.2, 0.25) is 0 Å². The molecule has 1 aliphatic carbocycles. The number of likely N-dealkylation sites (tertiary alicyclic amines) is 1. The number of nitrogens with one attached hydrogen (secondary N) is 3. The Balaban J connectivity index is 0.000000192. The summed E-state index contributed by atoms with van der Waals surface area (Å²) in [7, 11) is 1.59. The number of aromatic nitrogens is 5. The smallest absolute Gasteiger partial charge is 0.355 e. The van der Waals surface area contributed by atoms with Gasteiger partial charge < -0.3 is 44.0 Å². The van der Waals surface area contributed by atoms with E-state index >= 15 is 0 Å². The van der Waals surface area contributed by atoms with Gasteiger partial charge in [-0.15, -0.1) is 5.10 Å². The van der Waals surface area contributed by atoms with Crippen molar-refractivity contribution < 1.29 is 62.4 Å². The molecule has 4 aromatic rings. The zero-order chi connectivity index (χ0) is 55.8. The van der Waals surface area contributed by atoms with E-state index in [2.05, 4.69) is 25.7 Å². The van der Waals surface area contributed by atoms with Gasteiger partial charge in [-0.25, -0.2) is 9.78 Å². The molecule has 0 radical (unpaired) electrons. The summed E-state index contributed by atoms with van der Waals surface area (Å²) in [6.45, 7) is 14.3.